The summed E-state index contributed by atoms with van der Waals surface area (Å²) in [5.41, 5.74) is 2.46. The van der Waals surface area contributed by atoms with Crippen LogP contribution in [0, 0.1) is 6.92 Å². The van der Waals surface area contributed by atoms with Crippen LogP contribution in [0.2, 0.25) is 0 Å². The Morgan fingerprint density at radius 3 is 2.48 bits per heavy atom. The van der Waals surface area contributed by atoms with Gasteiger partial charge in [0, 0.05) is 44.5 Å². The minimum atomic E-state index is 1.03. The lowest BCUT2D eigenvalue weighted by Crippen LogP contribution is -2.47. The van der Waals surface area contributed by atoms with E-state index in [0.717, 1.165) is 50.7 Å². The second-order valence-corrected chi connectivity index (χ2v) is 5.58. The van der Waals surface area contributed by atoms with Crippen LogP contribution in [0.25, 0.3) is 0 Å². The van der Waals surface area contributed by atoms with E-state index in [2.05, 4.69) is 56.2 Å². The van der Waals surface area contributed by atoms with Crippen LogP contribution in [0.15, 0.2) is 42.7 Å². The zero-order chi connectivity index (χ0) is 14.5. The fraction of sp³-hybridized carbons (Fsp3) is 0.412. The molecule has 1 aliphatic rings. The van der Waals surface area contributed by atoms with Gasteiger partial charge in [-0.15, -0.1) is 0 Å². The van der Waals surface area contributed by atoms with Gasteiger partial charge in [0.25, 0.3) is 0 Å². The maximum atomic E-state index is 4.38. The maximum absolute atomic E-state index is 4.38. The van der Waals surface area contributed by atoms with E-state index in [-0.39, 0.29) is 0 Å². The third kappa shape index (κ3) is 3.79. The molecule has 0 N–H and O–H groups in total. The molecule has 0 radical (unpaired) electrons. The SMILES string of the molecule is Cc1cc(N2CCN(CCc3ccccc3)CC2)ncn1. The second-order valence-electron chi connectivity index (χ2n) is 5.58. The molecular weight excluding hydrogens is 260 g/mol. The van der Waals surface area contributed by atoms with Gasteiger partial charge in [0.2, 0.25) is 0 Å². The van der Waals surface area contributed by atoms with E-state index in [0.29, 0.717) is 0 Å². The van der Waals surface area contributed by atoms with Crippen LogP contribution >= 0.6 is 0 Å². The zero-order valence-corrected chi connectivity index (χ0v) is 12.6. The largest absolute Gasteiger partial charge is 0.354 e. The highest BCUT2D eigenvalue weighted by molar-refractivity contribution is 5.39. The number of benzene rings is 1. The number of anilines is 1. The van der Waals surface area contributed by atoms with Crippen molar-refractivity contribution in [1.82, 2.24) is 14.9 Å². The van der Waals surface area contributed by atoms with E-state index in [1.165, 1.54) is 5.56 Å². The van der Waals surface area contributed by atoms with Crippen molar-refractivity contribution in [2.24, 2.45) is 0 Å². The Labute approximate surface area is 126 Å². The number of rotatable bonds is 4. The molecule has 4 nitrogen and oxygen atoms in total. The minimum absolute atomic E-state index is 1.03. The first-order chi connectivity index (χ1) is 10.3. The molecule has 1 aromatic carbocycles. The van der Waals surface area contributed by atoms with Gasteiger partial charge in [-0.1, -0.05) is 30.3 Å². The Hall–Kier alpha value is -1.94. The molecule has 110 valence electrons. The number of hydrogen-bond donors (Lipinski definition) is 0. The highest BCUT2D eigenvalue weighted by Gasteiger charge is 2.17. The predicted octanol–water partition coefficient (Wildman–Crippen LogP) is 2.15. The molecule has 1 saturated heterocycles. The van der Waals surface area contributed by atoms with E-state index in [4.69, 9.17) is 0 Å². The molecule has 4 heteroatoms. The van der Waals surface area contributed by atoms with Crippen LogP contribution in [0.3, 0.4) is 0 Å². The lowest BCUT2D eigenvalue weighted by atomic mass is 10.1. The lowest BCUT2D eigenvalue weighted by Gasteiger charge is -2.35. The highest BCUT2D eigenvalue weighted by Crippen LogP contribution is 2.13. The number of aryl methyl sites for hydroxylation is 1. The van der Waals surface area contributed by atoms with Crippen molar-refractivity contribution in [3.8, 4) is 0 Å². The number of piperazine rings is 1. The van der Waals surface area contributed by atoms with Crippen molar-refractivity contribution >= 4 is 5.82 Å². The van der Waals surface area contributed by atoms with Gasteiger partial charge in [-0.25, -0.2) is 9.97 Å². The van der Waals surface area contributed by atoms with Gasteiger partial charge in [-0.3, -0.25) is 4.90 Å². The Morgan fingerprint density at radius 2 is 1.76 bits per heavy atom. The predicted molar refractivity (Wildman–Crippen MR) is 85.6 cm³/mol. The molecule has 0 atom stereocenters. The molecule has 0 unspecified atom stereocenters. The van der Waals surface area contributed by atoms with E-state index < -0.39 is 0 Å². The summed E-state index contributed by atoms with van der Waals surface area (Å²) in [5.74, 6) is 1.06. The standard InChI is InChI=1S/C17H22N4/c1-15-13-17(19-14-18-15)21-11-9-20(10-12-21)8-7-16-5-3-2-4-6-16/h2-6,13-14H,7-12H2,1H3. The average Bonchev–Trinajstić information content (AvgIpc) is 2.54. The Kier molecular flexibility index (Phi) is 4.46. The number of nitrogens with zero attached hydrogens (tertiary/aromatic N) is 4. The van der Waals surface area contributed by atoms with Crippen LogP contribution in [-0.2, 0) is 6.42 Å². The Morgan fingerprint density at radius 1 is 1.00 bits per heavy atom. The van der Waals surface area contributed by atoms with Crippen molar-refractivity contribution < 1.29 is 0 Å². The normalized spacial score (nSPS) is 16.1. The molecule has 1 fully saturated rings. The van der Waals surface area contributed by atoms with Gasteiger partial charge in [0.15, 0.2) is 0 Å². The topological polar surface area (TPSA) is 32.3 Å². The fourth-order valence-corrected chi connectivity index (χ4v) is 2.75. The highest BCUT2D eigenvalue weighted by atomic mass is 15.3. The summed E-state index contributed by atoms with van der Waals surface area (Å²) < 4.78 is 0. The summed E-state index contributed by atoms with van der Waals surface area (Å²) in [7, 11) is 0. The molecule has 0 bridgehead atoms. The molecule has 0 spiro atoms. The first-order valence-electron chi connectivity index (χ1n) is 7.61. The number of aromatic nitrogens is 2. The van der Waals surface area contributed by atoms with E-state index in [1.807, 2.05) is 6.92 Å². The molecule has 2 heterocycles. The van der Waals surface area contributed by atoms with Gasteiger partial charge in [-0.2, -0.15) is 0 Å². The summed E-state index contributed by atoms with van der Waals surface area (Å²) in [5, 5.41) is 0. The lowest BCUT2D eigenvalue weighted by molar-refractivity contribution is 0.260. The van der Waals surface area contributed by atoms with Gasteiger partial charge in [0.05, 0.1) is 0 Å². The van der Waals surface area contributed by atoms with Crippen LogP contribution in [0.1, 0.15) is 11.3 Å². The minimum Gasteiger partial charge on any atom is -0.354 e. The first-order valence-corrected chi connectivity index (χ1v) is 7.61. The molecule has 1 aliphatic heterocycles. The zero-order valence-electron chi connectivity index (χ0n) is 12.6. The van der Waals surface area contributed by atoms with Crippen LogP contribution in [0.4, 0.5) is 5.82 Å². The molecule has 0 saturated carbocycles. The van der Waals surface area contributed by atoms with Crippen molar-refractivity contribution in [3.05, 3.63) is 54.0 Å². The van der Waals surface area contributed by atoms with Crippen molar-refractivity contribution in [1.29, 1.82) is 0 Å². The molecule has 1 aromatic heterocycles. The van der Waals surface area contributed by atoms with E-state index in [1.54, 1.807) is 6.33 Å². The van der Waals surface area contributed by atoms with Crippen LogP contribution in [0.5, 0.6) is 0 Å². The van der Waals surface area contributed by atoms with Crippen LogP contribution in [-0.4, -0.2) is 47.6 Å². The monoisotopic (exact) mass is 282 g/mol. The Balaban J connectivity index is 1.49. The third-order valence-electron chi connectivity index (χ3n) is 4.05. The van der Waals surface area contributed by atoms with Gasteiger partial charge in [0.1, 0.15) is 12.1 Å². The van der Waals surface area contributed by atoms with Crippen molar-refractivity contribution in [2.75, 3.05) is 37.6 Å². The summed E-state index contributed by atoms with van der Waals surface area (Å²) in [6.45, 7) is 7.46. The number of hydrogen-bond acceptors (Lipinski definition) is 4. The molecule has 2 aromatic rings. The van der Waals surface area contributed by atoms with Crippen molar-refractivity contribution in [3.63, 3.8) is 0 Å². The smallest absolute Gasteiger partial charge is 0.132 e. The maximum Gasteiger partial charge on any atom is 0.132 e. The summed E-state index contributed by atoms with van der Waals surface area (Å²) >= 11 is 0. The van der Waals surface area contributed by atoms with Gasteiger partial charge < -0.3 is 4.90 Å². The Bertz CT molecular complexity index is 562. The molecular formula is C17H22N4. The van der Waals surface area contributed by atoms with Crippen molar-refractivity contribution in [2.45, 2.75) is 13.3 Å². The fourth-order valence-electron chi connectivity index (χ4n) is 2.75. The molecule has 0 amide bonds. The van der Waals surface area contributed by atoms with Gasteiger partial charge >= 0.3 is 0 Å². The first kappa shape index (κ1) is 14.0. The summed E-state index contributed by atoms with van der Waals surface area (Å²) in [4.78, 5) is 13.4. The van der Waals surface area contributed by atoms with E-state index in [9.17, 15) is 0 Å². The average molecular weight is 282 g/mol. The quantitative estimate of drug-likeness (QED) is 0.860. The second kappa shape index (κ2) is 6.68. The van der Waals surface area contributed by atoms with Crippen LogP contribution < -0.4 is 4.90 Å². The molecule has 21 heavy (non-hydrogen) atoms. The van der Waals surface area contributed by atoms with E-state index >= 15 is 0 Å². The summed E-state index contributed by atoms with van der Waals surface area (Å²) in [6, 6.07) is 12.8. The molecule has 3 rings (SSSR count). The van der Waals surface area contributed by atoms with Gasteiger partial charge in [-0.05, 0) is 18.9 Å². The molecule has 0 aliphatic carbocycles. The summed E-state index contributed by atoms with van der Waals surface area (Å²) in [6.07, 6.45) is 2.79. The third-order valence-corrected chi connectivity index (χ3v) is 4.05.